The molecule has 1 N–H and O–H groups in total. The van der Waals surface area contributed by atoms with Crippen molar-refractivity contribution in [2.45, 2.75) is 31.9 Å². The lowest BCUT2D eigenvalue weighted by atomic mass is 9.88. The minimum Gasteiger partial charge on any atom is -0.383 e. The fourth-order valence-electron chi connectivity index (χ4n) is 3.31. The highest BCUT2D eigenvalue weighted by molar-refractivity contribution is 5.53. The third-order valence-electron chi connectivity index (χ3n) is 4.96. The third kappa shape index (κ3) is 3.52. The van der Waals surface area contributed by atoms with Gasteiger partial charge in [0.05, 0.1) is 12.2 Å². The molecule has 0 bridgehead atoms. The quantitative estimate of drug-likeness (QED) is 0.780. The van der Waals surface area contributed by atoms with Gasteiger partial charge in [-0.1, -0.05) is 28.9 Å². The van der Waals surface area contributed by atoms with E-state index in [0.717, 1.165) is 24.3 Å². The van der Waals surface area contributed by atoms with Crippen LogP contribution < -0.4 is 0 Å². The highest BCUT2D eigenvalue weighted by atomic mass is 16.5. The molecule has 0 spiro atoms. The van der Waals surface area contributed by atoms with Gasteiger partial charge in [0, 0.05) is 24.8 Å². The predicted molar refractivity (Wildman–Crippen MR) is 97.1 cm³/mol. The molecule has 1 aliphatic rings. The van der Waals surface area contributed by atoms with Gasteiger partial charge in [0.25, 0.3) is 5.89 Å². The molecule has 2 aromatic heterocycles. The SMILES string of the molecule is Cc1ccc(-c2nc(CN3CCC(O)(c4ccccn4)CC3)no2)cc1. The summed E-state index contributed by atoms with van der Waals surface area (Å²) in [6, 6.07) is 13.7. The smallest absolute Gasteiger partial charge is 0.257 e. The molecule has 0 saturated carbocycles. The number of aromatic nitrogens is 3. The number of benzene rings is 1. The monoisotopic (exact) mass is 350 g/mol. The highest BCUT2D eigenvalue weighted by Gasteiger charge is 2.35. The van der Waals surface area contributed by atoms with Crippen LogP contribution in [0.2, 0.25) is 0 Å². The van der Waals surface area contributed by atoms with Crippen molar-refractivity contribution in [1.29, 1.82) is 0 Å². The summed E-state index contributed by atoms with van der Waals surface area (Å²) in [6.07, 6.45) is 3.02. The van der Waals surface area contributed by atoms with Crippen LogP contribution in [0.15, 0.2) is 53.2 Å². The Hall–Kier alpha value is -2.57. The van der Waals surface area contributed by atoms with Gasteiger partial charge in [-0.15, -0.1) is 0 Å². The Kier molecular flexibility index (Phi) is 4.53. The standard InChI is InChI=1S/C20H22N4O2/c1-15-5-7-16(8-6-15)19-22-18(23-26-19)14-24-12-9-20(25,10-13-24)17-4-2-3-11-21-17/h2-8,11,25H,9-10,12-14H2,1H3. The maximum absolute atomic E-state index is 10.9. The zero-order valence-electron chi connectivity index (χ0n) is 14.8. The van der Waals surface area contributed by atoms with Gasteiger partial charge in [-0.05, 0) is 44.0 Å². The van der Waals surface area contributed by atoms with Crippen LogP contribution in [-0.4, -0.2) is 38.2 Å². The summed E-state index contributed by atoms with van der Waals surface area (Å²) in [7, 11) is 0. The number of piperidine rings is 1. The Balaban J connectivity index is 1.38. The van der Waals surface area contributed by atoms with E-state index in [0.29, 0.717) is 31.1 Å². The van der Waals surface area contributed by atoms with Crippen molar-refractivity contribution in [3.63, 3.8) is 0 Å². The van der Waals surface area contributed by atoms with Gasteiger partial charge in [0.2, 0.25) is 0 Å². The number of likely N-dealkylation sites (tertiary alicyclic amines) is 1. The Morgan fingerprint density at radius 1 is 1.12 bits per heavy atom. The number of aryl methyl sites for hydroxylation is 1. The molecule has 3 heterocycles. The van der Waals surface area contributed by atoms with Crippen molar-refractivity contribution < 1.29 is 9.63 Å². The van der Waals surface area contributed by atoms with E-state index >= 15 is 0 Å². The number of aliphatic hydroxyl groups is 1. The number of hydrogen-bond acceptors (Lipinski definition) is 6. The molecule has 6 heteroatoms. The van der Waals surface area contributed by atoms with Crippen molar-refractivity contribution in [2.75, 3.05) is 13.1 Å². The average Bonchev–Trinajstić information content (AvgIpc) is 3.14. The molecular formula is C20H22N4O2. The molecule has 1 fully saturated rings. The summed E-state index contributed by atoms with van der Waals surface area (Å²) in [6.45, 7) is 4.20. The molecule has 0 radical (unpaired) electrons. The zero-order valence-corrected chi connectivity index (χ0v) is 14.8. The number of nitrogens with zero attached hydrogens (tertiary/aromatic N) is 4. The Labute approximate surface area is 152 Å². The molecule has 26 heavy (non-hydrogen) atoms. The minimum absolute atomic E-state index is 0.544. The van der Waals surface area contributed by atoms with Crippen molar-refractivity contribution in [1.82, 2.24) is 20.0 Å². The first-order valence-electron chi connectivity index (χ1n) is 8.88. The lowest BCUT2D eigenvalue weighted by Gasteiger charge is -2.37. The largest absolute Gasteiger partial charge is 0.383 e. The lowest BCUT2D eigenvalue weighted by Crippen LogP contribution is -2.42. The Bertz CT molecular complexity index is 853. The van der Waals surface area contributed by atoms with Crippen LogP contribution in [0.4, 0.5) is 0 Å². The maximum Gasteiger partial charge on any atom is 0.257 e. The molecule has 6 nitrogen and oxygen atoms in total. The molecule has 0 aliphatic carbocycles. The molecular weight excluding hydrogens is 328 g/mol. The van der Waals surface area contributed by atoms with Crippen molar-refractivity contribution in [2.24, 2.45) is 0 Å². The van der Waals surface area contributed by atoms with Gasteiger partial charge in [0.15, 0.2) is 5.82 Å². The Morgan fingerprint density at radius 2 is 1.88 bits per heavy atom. The number of pyridine rings is 1. The molecule has 1 aliphatic heterocycles. The van der Waals surface area contributed by atoms with E-state index in [-0.39, 0.29) is 0 Å². The van der Waals surface area contributed by atoms with E-state index in [9.17, 15) is 5.11 Å². The highest BCUT2D eigenvalue weighted by Crippen LogP contribution is 2.31. The van der Waals surface area contributed by atoms with Crippen molar-refractivity contribution in [3.8, 4) is 11.5 Å². The fourth-order valence-corrected chi connectivity index (χ4v) is 3.31. The molecule has 1 aromatic carbocycles. The van der Waals surface area contributed by atoms with Gasteiger partial charge in [-0.3, -0.25) is 9.88 Å². The van der Waals surface area contributed by atoms with Crippen LogP contribution in [0, 0.1) is 6.92 Å². The molecule has 0 atom stereocenters. The molecule has 1 saturated heterocycles. The molecule has 134 valence electrons. The Morgan fingerprint density at radius 3 is 2.58 bits per heavy atom. The first-order chi connectivity index (χ1) is 12.6. The minimum atomic E-state index is -0.845. The molecule has 0 amide bonds. The lowest BCUT2D eigenvalue weighted by molar-refractivity contribution is -0.0316. The second kappa shape index (κ2) is 6.97. The van der Waals surface area contributed by atoms with Crippen LogP contribution in [0.5, 0.6) is 0 Å². The zero-order chi connectivity index (χ0) is 18.0. The fraction of sp³-hybridized carbons (Fsp3) is 0.350. The van der Waals surface area contributed by atoms with E-state index < -0.39 is 5.60 Å². The number of hydrogen-bond donors (Lipinski definition) is 1. The number of rotatable bonds is 4. The van der Waals surface area contributed by atoms with Gasteiger partial charge < -0.3 is 9.63 Å². The first-order valence-corrected chi connectivity index (χ1v) is 8.88. The van der Waals surface area contributed by atoms with Crippen molar-refractivity contribution in [3.05, 3.63) is 65.7 Å². The van der Waals surface area contributed by atoms with Crippen LogP contribution >= 0.6 is 0 Å². The van der Waals surface area contributed by atoms with Crippen LogP contribution in [0.25, 0.3) is 11.5 Å². The van der Waals surface area contributed by atoms with Gasteiger partial charge in [-0.25, -0.2) is 0 Å². The normalized spacial score (nSPS) is 17.3. The van der Waals surface area contributed by atoms with Gasteiger partial charge in [-0.2, -0.15) is 4.98 Å². The van der Waals surface area contributed by atoms with Crippen LogP contribution in [-0.2, 0) is 12.1 Å². The van der Waals surface area contributed by atoms with E-state index in [2.05, 4.69) is 20.0 Å². The topological polar surface area (TPSA) is 75.3 Å². The predicted octanol–water partition coefficient (Wildman–Crippen LogP) is 2.92. The second-order valence-electron chi connectivity index (χ2n) is 6.90. The van der Waals surface area contributed by atoms with Crippen molar-refractivity contribution >= 4 is 0 Å². The molecule has 3 aromatic rings. The van der Waals surface area contributed by atoms with E-state index in [1.165, 1.54) is 5.56 Å². The molecule has 0 unspecified atom stereocenters. The second-order valence-corrected chi connectivity index (χ2v) is 6.90. The average molecular weight is 350 g/mol. The van der Waals surface area contributed by atoms with Gasteiger partial charge in [0.1, 0.15) is 5.60 Å². The van der Waals surface area contributed by atoms with Crippen LogP contribution in [0.3, 0.4) is 0 Å². The summed E-state index contributed by atoms with van der Waals surface area (Å²) >= 11 is 0. The van der Waals surface area contributed by atoms with Crippen LogP contribution in [0.1, 0.15) is 29.9 Å². The summed E-state index contributed by atoms with van der Waals surface area (Å²) in [5.74, 6) is 1.21. The third-order valence-corrected chi connectivity index (χ3v) is 4.96. The van der Waals surface area contributed by atoms with E-state index in [1.807, 2.05) is 49.4 Å². The summed E-state index contributed by atoms with van der Waals surface area (Å²) in [4.78, 5) is 11.1. The summed E-state index contributed by atoms with van der Waals surface area (Å²) in [5.41, 5.74) is 2.03. The van der Waals surface area contributed by atoms with E-state index in [4.69, 9.17) is 4.52 Å². The first kappa shape index (κ1) is 16.9. The van der Waals surface area contributed by atoms with Gasteiger partial charge >= 0.3 is 0 Å². The summed E-state index contributed by atoms with van der Waals surface area (Å²) < 4.78 is 5.40. The summed E-state index contributed by atoms with van der Waals surface area (Å²) in [5, 5.41) is 15.0. The maximum atomic E-state index is 10.9. The molecule has 4 rings (SSSR count). The van der Waals surface area contributed by atoms with E-state index in [1.54, 1.807) is 6.20 Å².